The average molecular weight is 485 g/mol. The fourth-order valence-electron chi connectivity index (χ4n) is 4.08. The highest BCUT2D eigenvalue weighted by molar-refractivity contribution is 5.98. The Hall–Kier alpha value is -4.93. The van der Waals surface area contributed by atoms with E-state index < -0.39 is 11.8 Å². The number of benzene rings is 2. The molecule has 4 aromatic rings. The van der Waals surface area contributed by atoms with Crippen LogP contribution in [0.1, 0.15) is 37.7 Å². The molecule has 0 atom stereocenters. The minimum Gasteiger partial charge on any atom is -0.454 e. The number of amides is 2. The summed E-state index contributed by atoms with van der Waals surface area (Å²) < 4.78 is 17.2. The van der Waals surface area contributed by atoms with Crippen LogP contribution in [0.2, 0.25) is 0 Å². The molecule has 2 amide bonds. The summed E-state index contributed by atoms with van der Waals surface area (Å²) >= 11 is 0. The van der Waals surface area contributed by atoms with Crippen molar-refractivity contribution in [3.63, 3.8) is 0 Å². The predicted octanol–water partition coefficient (Wildman–Crippen LogP) is 1.78. The van der Waals surface area contributed by atoms with Crippen molar-refractivity contribution in [3.8, 4) is 17.2 Å². The number of esters is 1. The lowest BCUT2D eigenvalue weighted by Gasteiger charge is -2.10. The molecule has 36 heavy (non-hydrogen) atoms. The number of nitrogens with zero attached hydrogens (tertiary/aromatic N) is 3. The smallest absolute Gasteiger partial charge is 0.315 e. The van der Waals surface area contributed by atoms with Crippen molar-refractivity contribution in [2.24, 2.45) is 0 Å². The molecule has 0 fully saturated rings. The highest BCUT2D eigenvalue weighted by Crippen LogP contribution is 2.32. The Kier molecular flexibility index (Phi) is 5.21. The first-order valence-electron chi connectivity index (χ1n) is 11.2. The Balaban J connectivity index is 1.17. The van der Waals surface area contributed by atoms with Crippen LogP contribution in [0.15, 0.2) is 54.7 Å². The Morgan fingerprint density at radius 2 is 1.64 bits per heavy atom. The number of carbonyl (C=O) groups excluding carboxylic acids is 3. The third kappa shape index (κ3) is 4.06. The molecule has 0 unspecified atom stereocenters. The van der Waals surface area contributed by atoms with Gasteiger partial charge in [-0.05, 0) is 35.4 Å². The van der Waals surface area contributed by atoms with Crippen LogP contribution in [0, 0.1) is 0 Å². The molecule has 2 N–H and O–H groups in total. The molecule has 11 nitrogen and oxygen atoms in total. The zero-order valence-corrected chi connectivity index (χ0v) is 18.8. The zero-order chi connectivity index (χ0) is 24.6. The molecule has 2 aromatic carbocycles. The fourth-order valence-corrected chi connectivity index (χ4v) is 4.08. The molecule has 2 aliphatic rings. The van der Waals surface area contributed by atoms with E-state index in [1.54, 1.807) is 30.3 Å². The second kappa shape index (κ2) is 8.69. The third-order valence-corrected chi connectivity index (χ3v) is 5.85. The maximum absolute atomic E-state index is 13.0. The van der Waals surface area contributed by atoms with Crippen molar-refractivity contribution in [1.82, 2.24) is 25.2 Å². The van der Waals surface area contributed by atoms with Gasteiger partial charge < -0.3 is 24.8 Å². The number of nitrogens with one attached hydrogen (secondary N) is 2. The molecule has 2 aromatic heterocycles. The summed E-state index contributed by atoms with van der Waals surface area (Å²) in [5, 5.41) is 9.81. The molecule has 180 valence electrons. The predicted molar refractivity (Wildman–Crippen MR) is 124 cm³/mol. The summed E-state index contributed by atoms with van der Waals surface area (Å²) in [4.78, 5) is 41.7. The SMILES string of the molecule is O=C1Cc2cc(CNC(=O)c3cc(C(=O)NCc4ccc5c(c4)OCO5)n4nccc4n3)ccc2O1. The van der Waals surface area contributed by atoms with E-state index in [-0.39, 0.29) is 43.7 Å². The van der Waals surface area contributed by atoms with Crippen LogP contribution in [-0.4, -0.2) is 39.2 Å². The van der Waals surface area contributed by atoms with Gasteiger partial charge in [0.1, 0.15) is 17.1 Å². The van der Waals surface area contributed by atoms with E-state index in [1.807, 2.05) is 12.1 Å². The van der Waals surface area contributed by atoms with Crippen LogP contribution in [0.4, 0.5) is 0 Å². The fraction of sp³-hybridized carbons (Fsp3) is 0.160. The van der Waals surface area contributed by atoms with Gasteiger partial charge in [-0.1, -0.05) is 12.1 Å². The Labute approximate surface area is 204 Å². The van der Waals surface area contributed by atoms with E-state index in [2.05, 4.69) is 20.7 Å². The van der Waals surface area contributed by atoms with E-state index in [0.717, 1.165) is 16.7 Å². The molecule has 4 heterocycles. The van der Waals surface area contributed by atoms with Crippen molar-refractivity contribution in [2.75, 3.05) is 6.79 Å². The lowest BCUT2D eigenvalue weighted by atomic mass is 10.1. The van der Waals surface area contributed by atoms with Gasteiger partial charge >= 0.3 is 5.97 Å². The molecule has 0 radical (unpaired) electrons. The van der Waals surface area contributed by atoms with E-state index in [1.165, 1.54) is 16.8 Å². The Morgan fingerprint density at radius 1 is 0.889 bits per heavy atom. The largest absolute Gasteiger partial charge is 0.454 e. The number of ether oxygens (including phenoxy) is 3. The summed E-state index contributed by atoms with van der Waals surface area (Å²) in [6, 6.07) is 13.8. The van der Waals surface area contributed by atoms with Crippen LogP contribution in [-0.2, 0) is 24.3 Å². The topological polar surface area (TPSA) is 133 Å². The normalized spacial score (nSPS) is 13.4. The van der Waals surface area contributed by atoms with Gasteiger partial charge in [0.15, 0.2) is 17.1 Å². The van der Waals surface area contributed by atoms with E-state index >= 15 is 0 Å². The monoisotopic (exact) mass is 485 g/mol. The standard InChI is InChI=1S/C25H19N5O6/c31-23-9-16-7-14(1-3-19(16)36-23)11-26-24(32)17-10-18(30-22(29-17)5-6-28-30)25(33)27-12-15-2-4-20-21(8-15)35-13-34-20/h1-8,10H,9,11-13H2,(H,26,32)(H,27,33). The first-order chi connectivity index (χ1) is 17.5. The Morgan fingerprint density at radius 3 is 2.50 bits per heavy atom. The first kappa shape index (κ1) is 21.6. The van der Waals surface area contributed by atoms with Gasteiger partial charge in [0.05, 0.1) is 12.6 Å². The summed E-state index contributed by atoms with van der Waals surface area (Å²) in [5.41, 5.74) is 3.04. The number of rotatable bonds is 6. The van der Waals surface area contributed by atoms with Crippen LogP contribution in [0.25, 0.3) is 5.65 Å². The molecule has 6 rings (SSSR count). The van der Waals surface area contributed by atoms with Crippen molar-refractivity contribution in [3.05, 3.63) is 82.8 Å². The van der Waals surface area contributed by atoms with Gasteiger partial charge in [-0.3, -0.25) is 14.4 Å². The summed E-state index contributed by atoms with van der Waals surface area (Å²) in [6.45, 7) is 0.634. The highest BCUT2D eigenvalue weighted by atomic mass is 16.7. The number of hydrogen-bond acceptors (Lipinski definition) is 8. The van der Waals surface area contributed by atoms with Crippen LogP contribution >= 0.6 is 0 Å². The lowest BCUT2D eigenvalue weighted by molar-refractivity contribution is -0.131. The average Bonchev–Trinajstić information content (AvgIpc) is 3.63. The van der Waals surface area contributed by atoms with Crippen LogP contribution in [0.3, 0.4) is 0 Å². The van der Waals surface area contributed by atoms with Gasteiger partial charge in [0, 0.05) is 30.8 Å². The van der Waals surface area contributed by atoms with Gasteiger partial charge in [-0.2, -0.15) is 5.10 Å². The second-order valence-electron chi connectivity index (χ2n) is 8.27. The summed E-state index contributed by atoms with van der Waals surface area (Å²) in [6.07, 6.45) is 1.72. The molecule has 0 aliphatic carbocycles. The van der Waals surface area contributed by atoms with Crippen molar-refractivity contribution < 1.29 is 28.6 Å². The van der Waals surface area contributed by atoms with Gasteiger partial charge in [0.2, 0.25) is 6.79 Å². The maximum Gasteiger partial charge on any atom is 0.315 e. The van der Waals surface area contributed by atoms with Crippen molar-refractivity contribution in [1.29, 1.82) is 0 Å². The second-order valence-corrected chi connectivity index (χ2v) is 8.27. The maximum atomic E-state index is 13.0. The quantitative estimate of drug-likeness (QED) is 0.312. The number of carbonyl (C=O) groups is 3. The lowest BCUT2D eigenvalue weighted by Crippen LogP contribution is -2.28. The van der Waals surface area contributed by atoms with Crippen LogP contribution < -0.4 is 24.8 Å². The minimum atomic E-state index is -0.448. The molecule has 11 heteroatoms. The molecule has 0 spiro atoms. The minimum absolute atomic E-state index is 0.0795. The van der Waals surface area contributed by atoms with E-state index in [4.69, 9.17) is 14.2 Å². The number of aromatic nitrogens is 3. The zero-order valence-electron chi connectivity index (χ0n) is 18.8. The number of hydrogen-bond donors (Lipinski definition) is 2. The van der Waals surface area contributed by atoms with Gasteiger partial charge in [0.25, 0.3) is 11.8 Å². The molecular formula is C25H19N5O6. The van der Waals surface area contributed by atoms with E-state index in [9.17, 15) is 14.4 Å². The third-order valence-electron chi connectivity index (χ3n) is 5.85. The first-order valence-corrected chi connectivity index (χ1v) is 11.2. The Bertz CT molecular complexity index is 1550. The van der Waals surface area contributed by atoms with Crippen molar-refractivity contribution >= 4 is 23.4 Å². The van der Waals surface area contributed by atoms with E-state index in [0.29, 0.717) is 22.9 Å². The van der Waals surface area contributed by atoms with Gasteiger partial charge in [-0.15, -0.1) is 0 Å². The summed E-state index contributed by atoms with van der Waals surface area (Å²) in [5.74, 6) is 0.669. The molecule has 0 saturated carbocycles. The van der Waals surface area contributed by atoms with Gasteiger partial charge in [-0.25, -0.2) is 9.50 Å². The molecule has 0 bridgehead atoms. The number of fused-ring (bicyclic) bond motifs is 3. The molecule has 0 saturated heterocycles. The van der Waals surface area contributed by atoms with Crippen molar-refractivity contribution in [2.45, 2.75) is 19.5 Å². The molecule has 2 aliphatic heterocycles. The highest BCUT2D eigenvalue weighted by Gasteiger charge is 2.21. The molecular weight excluding hydrogens is 466 g/mol. The summed E-state index contributed by atoms with van der Waals surface area (Å²) in [7, 11) is 0. The van der Waals surface area contributed by atoms with Crippen LogP contribution in [0.5, 0.6) is 17.2 Å².